The molecule has 2 nitrogen and oxygen atoms in total. The summed E-state index contributed by atoms with van der Waals surface area (Å²) in [7, 11) is 0. The van der Waals surface area contributed by atoms with Crippen molar-refractivity contribution in [1.29, 1.82) is 0 Å². The van der Waals surface area contributed by atoms with Gasteiger partial charge in [-0.2, -0.15) is 0 Å². The molecular weight excluding hydrogens is 284 g/mol. The molecule has 0 aliphatic rings. The van der Waals surface area contributed by atoms with Crippen LogP contribution in [0.5, 0.6) is 0 Å². The quantitative estimate of drug-likeness (QED) is 0.221. The van der Waals surface area contributed by atoms with E-state index in [0.29, 0.717) is 6.42 Å². The average Bonchev–Trinajstić information content (AvgIpc) is 2.51. The first-order chi connectivity index (χ1) is 11.0. The largest absolute Gasteiger partial charge is 0.460 e. The van der Waals surface area contributed by atoms with Crippen molar-refractivity contribution in [3.05, 3.63) is 0 Å². The van der Waals surface area contributed by atoms with Crippen molar-refractivity contribution in [1.82, 2.24) is 0 Å². The van der Waals surface area contributed by atoms with Crippen LogP contribution in [0.15, 0.2) is 0 Å². The first-order valence-electron chi connectivity index (χ1n) is 10.2. The van der Waals surface area contributed by atoms with E-state index in [1.807, 2.05) is 13.8 Å². The van der Waals surface area contributed by atoms with Gasteiger partial charge in [0.25, 0.3) is 0 Å². The van der Waals surface area contributed by atoms with Crippen LogP contribution in [-0.4, -0.2) is 11.6 Å². The molecule has 0 amide bonds. The monoisotopic (exact) mass is 326 g/mol. The van der Waals surface area contributed by atoms with E-state index in [9.17, 15) is 4.79 Å². The maximum atomic E-state index is 11.7. The molecule has 0 unspecified atom stereocenters. The van der Waals surface area contributed by atoms with Gasteiger partial charge in [-0.05, 0) is 26.7 Å². The minimum Gasteiger partial charge on any atom is -0.460 e. The summed E-state index contributed by atoms with van der Waals surface area (Å²) in [5.74, 6) is -0.0278. The van der Waals surface area contributed by atoms with Crippen LogP contribution in [0.1, 0.15) is 124 Å². The normalized spacial score (nSPS) is 11.7. The van der Waals surface area contributed by atoms with Crippen molar-refractivity contribution in [3.63, 3.8) is 0 Å². The third-order valence-electron chi connectivity index (χ3n) is 4.73. The van der Waals surface area contributed by atoms with Gasteiger partial charge in [0.2, 0.25) is 0 Å². The Morgan fingerprint density at radius 3 is 1.48 bits per heavy atom. The average molecular weight is 327 g/mol. The molecule has 23 heavy (non-hydrogen) atoms. The zero-order chi connectivity index (χ0) is 17.4. The van der Waals surface area contributed by atoms with Gasteiger partial charge in [0.15, 0.2) is 0 Å². The van der Waals surface area contributed by atoms with Crippen molar-refractivity contribution >= 4 is 5.97 Å². The number of esters is 1. The molecule has 0 heterocycles. The van der Waals surface area contributed by atoms with Gasteiger partial charge in [-0.15, -0.1) is 0 Å². The Bertz CT molecular complexity index is 271. The number of hydrogen-bond acceptors (Lipinski definition) is 2. The van der Waals surface area contributed by atoms with Crippen molar-refractivity contribution in [2.24, 2.45) is 0 Å². The highest BCUT2D eigenvalue weighted by molar-refractivity contribution is 5.69. The van der Waals surface area contributed by atoms with Crippen molar-refractivity contribution in [3.8, 4) is 0 Å². The summed E-state index contributed by atoms with van der Waals surface area (Å²) < 4.78 is 5.46. The molecule has 0 fully saturated rings. The topological polar surface area (TPSA) is 26.3 Å². The minimum absolute atomic E-state index is 0.0278. The Balaban J connectivity index is 3.23. The zero-order valence-corrected chi connectivity index (χ0v) is 16.4. The molecule has 0 radical (unpaired) electrons. The van der Waals surface area contributed by atoms with Crippen LogP contribution in [0, 0.1) is 0 Å². The van der Waals surface area contributed by atoms with Gasteiger partial charge in [0, 0.05) is 6.42 Å². The Morgan fingerprint density at radius 1 is 0.696 bits per heavy atom. The van der Waals surface area contributed by atoms with E-state index in [4.69, 9.17) is 4.74 Å². The van der Waals surface area contributed by atoms with Crippen LogP contribution in [0.25, 0.3) is 0 Å². The predicted molar refractivity (Wildman–Crippen MR) is 101 cm³/mol. The van der Waals surface area contributed by atoms with E-state index >= 15 is 0 Å². The van der Waals surface area contributed by atoms with Crippen LogP contribution in [0.4, 0.5) is 0 Å². The molecule has 0 aromatic rings. The highest BCUT2D eigenvalue weighted by Crippen LogP contribution is 2.16. The Kier molecular flexibility index (Phi) is 14.7. The second kappa shape index (κ2) is 15.0. The molecule has 0 rings (SSSR count). The van der Waals surface area contributed by atoms with Crippen molar-refractivity contribution in [2.75, 3.05) is 0 Å². The summed E-state index contributed by atoms with van der Waals surface area (Å²) in [6.07, 6.45) is 18.8. The summed E-state index contributed by atoms with van der Waals surface area (Å²) in [6.45, 7) is 8.29. The van der Waals surface area contributed by atoms with Gasteiger partial charge >= 0.3 is 5.97 Å². The molecule has 138 valence electrons. The molecule has 0 atom stereocenters. The van der Waals surface area contributed by atoms with Gasteiger partial charge in [-0.3, -0.25) is 4.79 Å². The molecule has 0 N–H and O–H groups in total. The van der Waals surface area contributed by atoms with Gasteiger partial charge in [-0.25, -0.2) is 0 Å². The summed E-state index contributed by atoms with van der Waals surface area (Å²) >= 11 is 0. The van der Waals surface area contributed by atoms with Gasteiger partial charge in [0.05, 0.1) is 0 Å². The molecule has 0 aromatic carbocycles. The molecule has 0 saturated carbocycles. The van der Waals surface area contributed by atoms with Gasteiger partial charge in [-0.1, -0.05) is 90.9 Å². The van der Waals surface area contributed by atoms with Crippen LogP contribution >= 0.6 is 0 Å². The number of rotatable bonds is 16. The Labute approximate surface area is 145 Å². The Hall–Kier alpha value is -0.530. The van der Waals surface area contributed by atoms with Crippen LogP contribution < -0.4 is 0 Å². The van der Waals surface area contributed by atoms with Crippen molar-refractivity contribution in [2.45, 2.75) is 130 Å². The fourth-order valence-corrected chi connectivity index (χ4v) is 2.72. The fraction of sp³-hybridized carbons (Fsp3) is 0.952. The third kappa shape index (κ3) is 16.1. The van der Waals surface area contributed by atoms with E-state index in [2.05, 4.69) is 13.8 Å². The molecule has 0 spiro atoms. The lowest BCUT2D eigenvalue weighted by Gasteiger charge is -2.23. The molecule has 0 aliphatic heterocycles. The van der Waals surface area contributed by atoms with E-state index in [0.717, 1.165) is 12.8 Å². The molecule has 2 heteroatoms. The van der Waals surface area contributed by atoms with E-state index in [-0.39, 0.29) is 11.6 Å². The van der Waals surface area contributed by atoms with Crippen molar-refractivity contribution < 1.29 is 9.53 Å². The van der Waals surface area contributed by atoms with Gasteiger partial charge in [0.1, 0.15) is 5.60 Å². The Morgan fingerprint density at radius 2 is 1.09 bits per heavy atom. The van der Waals surface area contributed by atoms with Crippen LogP contribution in [0.2, 0.25) is 0 Å². The maximum Gasteiger partial charge on any atom is 0.306 e. The number of unbranched alkanes of at least 4 members (excludes halogenated alkanes) is 12. The number of hydrogen-bond donors (Lipinski definition) is 0. The van der Waals surface area contributed by atoms with Crippen LogP contribution in [0.3, 0.4) is 0 Å². The molecule has 0 saturated heterocycles. The lowest BCUT2D eigenvalue weighted by Crippen LogP contribution is -2.26. The highest BCUT2D eigenvalue weighted by Gasteiger charge is 2.19. The molecule has 0 bridgehead atoms. The summed E-state index contributed by atoms with van der Waals surface area (Å²) in [6, 6.07) is 0. The maximum absolute atomic E-state index is 11.7. The predicted octanol–water partition coefficient (Wildman–Crippen LogP) is 7.20. The first-order valence-corrected chi connectivity index (χ1v) is 10.2. The third-order valence-corrected chi connectivity index (χ3v) is 4.73. The molecule has 0 aliphatic carbocycles. The second-order valence-electron chi connectivity index (χ2n) is 7.58. The van der Waals surface area contributed by atoms with E-state index in [1.54, 1.807) is 0 Å². The SMILES string of the molecule is CCCCCCCCCCCCCCCC(=O)OC(C)(C)CC. The fourth-order valence-electron chi connectivity index (χ4n) is 2.72. The van der Waals surface area contributed by atoms with Crippen LogP contribution in [-0.2, 0) is 9.53 Å². The number of ether oxygens (including phenoxy) is 1. The number of carbonyl (C=O) groups is 1. The van der Waals surface area contributed by atoms with Gasteiger partial charge < -0.3 is 4.74 Å². The second-order valence-corrected chi connectivity index (χ2v) is 7.58. The standard InChI is InChI=1S/C21H42O2/c1-5-7-8-9-10-11-12-13-14-15-16-17-18-19-20(22)23-21(3,4)6-2/h5-19H2,1-4H3. The highest BCUT2D eigenvalue weighted by atomic mass is 16.6. The minimum atomic E-state index is -0.298. The van der Waals surface area contributed by atoms with E-state index in [1.165, 1.54) is 77.0 Å². The lowest BCUT2D eigenvalue weighted by atomic mass is 10.0. The summed E-state index contributed by atoms with van der Waals surface area (Å²) in [5, 5.41) is 0. The summed E-state index contributed by atoms with van der Waals surface area (Å²) in [5.41, 5.74) is -0.298. The van der Waals surface area contributed by atoms with E-state index < -0.39 is 0 Å². The first kappa shape index (κ1) is 22.5. The smallest absolute Gasteiger partial charge is 0.306 e. The molecule has 0 aromatic heterocycles. The number of carbonyl (C=O) groups excluding carboxylic acids is 1. The molecular formula is C21H42O2. The lowest BCUT2D eigenvalue weighted by molar-refractivity contribution is -0.156. The zero-order valence-electron chi connectivity index (χ0n) is 16.4. The summed E-state index contributed by atoms with van der Waals surface area (Å²) in [4.78, 5) is 11.7.